The summed E-state index contributed by atoms with van der Waals surface area (Å²) >= 11 is 0. The van der Waals surface area contributed by atoms with Gasteiger partial charge in [-0.3, -0.25) is 0 Å². The van der Waals surface area contributed by atoms with Gasteiger partial charge in [-0.25, -0.2) is 18.1 Å². The number of nitrogens with one attached hydrogen (secondary N) is 3. The summed E-state index contributed by atoms with van der Waals surface area (Å²) in [5.74, 6) is 1.46. The highest BCUT2D eigenvalue weighted by Crippen LogP contribution is 2.14. The predicted molar refractivity (Wildman–Crippen MR) is 98.1 cm³/mol. The maximum Gasteiger partial charge on any atom is 0.208 e. The van der Waals surface area contributed by atoms with Gasteiger partial charge < -0.3 is 15.4 Å². The Kier molecular flexibility index (Phi) is 8.56. The Morgan fingerprint density at radius 2 is 2.04 bits per heavy atom. The second-order valence-electron chi connectivity index (χ2n) is 5.56. The molecule has 0 amide bonds. The van der Waals surface area contributed by atoms with Crippen molar-refractivity contribution in [2.24, 2.45) is 4.99 Å². The fourth-order valence-electron chi connectivity index (χ4n) is 1.94. The third-order valence-electron chi connectivity index (χ3n) is 2.96. The molecule has 8 heteroatoms. The summed E-state index contributed by atoms with van der Waals surface area (Å²) in [6.07, 6.45) is 1.06. The quantitative estimate of drug-likeness (QED) is 0.347. The van der Waals surface area contributed by atoms with Gasteiger partial charge >= 0.3 is 0 Å². The minimum atomic E-state index is -3.17. The first kappa shape index (κ1) is 20.2. The Morgan fingerprint density at radius 1 is 1.29 bits per heavy atom. The van der Waals surface area contributed by atoms with Gasteiger partial charge in [-0.1, -0.05) is 12.1 Å². The number of aryl methyl sites for hydroxylation is 1. The van der Waals surface area contributed by atoms with Gasteiger partial charge in [0.2, 0.25) is 10.0 Å². The zero-order valence-electron chi connectivity index (χ0n) is 14.8. The highest BCUT2D eigenvalue weighted by molar-refractivity contribution is 7.88. The Morgan fingerprint density at radius 3 is 2.67 bits per heavy atom. The summed E-state index contributed by atoms with van der Waals surface area (Å²) in [7, 11) is -3.17. The molecule has 0 aliphatic heterocycles. The van der Waals surface area contributed by atoms with E-state index in [0.29, 0.717) is 25.6 Å². The molecule has 0 aliphatic carbocycles. The lowest BCUT2D eigenvalue weighted by Gasteiger charge is -2.15. The molecule has 1 unspecified atom stereocenters. The van der Waals surface area contributed by atoms with Crippen molar-refractivity contribution >= 4 is 16.0 Å². The van der Waals surface area contributed by atoms with Crippen molar-refractivity contribution in [3.63, 3.8) is 0 Å². The van der Waals surface area contributed by atoms with E-state index in [-0.39, 0.29) is 6.10 Å². The molecule has 24 heavy (non-hydrogen) atoms. The van der Waals surface area contributed by atoms with Crippen molar-refractivity contribution in [3.8, 4) is 5.75 Å². The fraction of sp³-hybridized carbons (Fsp3) is 0.562. The van der Waals surface area contributed by atoms with Crippen molar-refractivity contribution < 1.29 is 13.2 Å². The third-order valence-corrected chi connectivity index (χ3v) is 3.69. The van der Waals surface area contributed by atoms with Crippen LogP contribution < -0.4 is 20.1 Å². The van der Waals surface area contributed by atoms with Gasteiger partial charge in [-0.05, 0) is 38.5 Å². The maximum atomic E-state index is 11.0. The minimum Gasteiger partial charge on any atom is -0.489 e. The molecule has 1 aromatic rings. The first-order chi connectivity index (χ1) is 11.3. The molecule has 1 aromatic carbocycles. The molecule has 0 spiro atoms. The first-order valence-corrected chi connectivity index (χ1v) is 9.89. The predicted octanol–water partition coefficient (Wildman–Crippen LogP) is 0.867. The second-order valence-corrected chi connectivity index (χ2v) is 7.39. The van der Waals surface area contributed by atoms with Gasteiger partial charge in [0.05, 0.1) is 12.8 Å². The lowest BCUT2D eigenvalue weighted by molar-refractivity contribution is 0.230. The molecule has 7 nitrogen and oxygen atoms in total. The summed E-state index contributed by atoms with van der Waals surface area (Å²) < 4.78 is 30.3. The molecule has 1 atom stereocenters. The summed E-state index contributed by atoms with van der Waals surface area (Å²) in [6.45, 7) is 7.92. The van der Waals surface area contributed by atoms with Crippen LogP contribution in [0.2, 0.25) is 0 Å². The van der Waals surface area contributed by atoms with Crippen LogP contribution in [0.3, 0.4) is 0 Å². The van der Waals surface area contributed by atoms with Crippen LogP contribution in [0.4, 0.5) is 0 Å². The Labute approximate surface area is 145 Å². The van der Waals surface area contributed by atoms with Gasteiger partial charge in [0.25, 0.3) is 0 Å². The average Bonchev–Trinajstić information content (AvgIpc) is 2.48. The number of nitrogens with zero attached hydrogens (tertiary/aromatic N) is 1. The standard InChI is InChI=1S/C16H28N4O3S/c1-5-17-16(18-9-10-20-24(4,21)22)19-12-14(3)23-15-8-6-7-13(2)11-15/h6-8,11,14,20H,5,9-10,12H2,1-4H3,(H2,17,18,19). The van der Waals surface area contributed by atoms with Crippen LogP contribution in [0, 0.1) is 6.92 Å². The Balaban J connectivity index is 2.46. The molecule has 136 valence electrons. The number of rotatable bonds is 9. The van der Waals surface area contributed by atoms with Crippen LogP contribution in [0.5, 0.6) is 5.75 Å². The highest BCUT2D eigenvalue weighted by Gasteiger charge is 2.05. The van der Waals surface area contributed by atoms with Crippen molar-refractivity contribution in [2.45, 2.75) is 26.9 Å². The molecule has 0 bridgehead atoms. The lowest BCUT2D eigenvalue weighted by atomic mass is 10.2. The fourth-order valence-corrected chi connectivity index (χ4v) is 2.41. The monoisotopic (exact) mass is 356 g/mol. The van der Waals surface area contributed by atoms with Crippen LogP contribution >= 0.6 is 0 Å². The smallest absolute Gasteiger partial charge is 0.208 e. The van der Waals surface area contributed by atoms with Gasteiger partial charge in [-0.15, -0.1) is 0 Å². The van der Waals surface area contributed by atoms with Crippen molar-refractivity contribution in [3.05, 3.63) is 29.8 Å². The molecule has 0 fully saturated rings. The Hall–Kier alpha value is -1.80. The second kappa shape index (κ2) is 10.1. The number of aliphatic imine (C=N–C) groups is 1. The molecule has 0 saturated heterocycles. The summed E-state index contributed by atoms with van der Waals surface area (Å²) in [4.78, 5) is 4.46. The van der Waals surface area contributed by atoms with E-state index in [2.05, 4.69) is 20.3 Å². The first-order valence-electron chi connectivity index (χ1n) is 8.00. The summed E-state index contributed by atoms with van der Waals surface area (Å²) in [5.41, 5.74) is 1.15. The number of hydrogen-bond acceptors (Lipinski definition) is 4. The molecule has 3 N–H and O–H groups in total. The summed E-state index contributed by atoms with van der Waals surface area (Å²) in [5, 5.41) is 6.19. The van der Waals surface area contributed by atoms with Gasteiger partial charge in [0, 0.05) is 19.6 Å². The van der Waals surface area contributed by atoms with Crippen LogP contribution in [0.15, 0.2) is 29.3 Å². The van der Waals surface area contributed by atoms with Gasteiger partial charge in [0.1, 0.15) is 11.9 Å². The molecule has 0 saturated carbocycles. The highest BCUT2D eigenvalue weighted by atomic mass is 32.2. The molecule has 0 aliphatic rings. The van der Waals surface area contributed by atoms with Crippen molar-refractivity contribution in [1.82, 2.24) is 15.4 Å². The number of hydrogen-bond donors (Lipinski definition) is 3. The normalized spacial score (nSPS) is 13.4. The van der Waals surface area contributed by atoms with Gasteiger partial charge in [-0.2, -0.15) is 0 Å². The molecule has 1 rings (SSSR count). The Bertz CT molecular complexity index is 632. The van der Waals surface area contributed by atoms with E-state index >= 15 is 0 Å². The maximum absolute atomic E-state index is 11.0. The largest absolute Gasteiger partial charge is 0.489 e. The summed E-state index contributed by atoms with van der Waals surface area (Å²) in [6, 6.07) is 7.89. The van der Waals surface area contributed by atoms with Gasteiger partial charge in [0.15, 0.2) is 5.96 Å². The number of guanidine groups is 1. The molecule has 0 aromatic heterocycles. The van der Waals surface area contributed by atoms with Crippen LogP contribution in [0.1, 0.15) is 19.4 Å². The van der Waals surface area contributed by atoms with E-state index in [9.17, 15) is 8.42 Å². The van der Waals surface area contributed by atoms with E-state index in [1.54, 1.807) is 0 Å². The molecular formula is C16H28N4O3S. The number of benzene rings is 1. The van der Waals surface area contributed by atoms with Crippen LogP contribution in [0.25, 0.3) is 0 Å². The van der Waals surface area contributed by atoms with E-state index < -0.39 is 10.0 Å². The molecule has 0 radical (unpaired) electrons. The average molecular weight is 356 g/mol. The zero-order chi connectivity index (χ0) is 18.0. The molecule has 0 heterocycles. The molecular weight excluding hydrogens is 328 g/mol. The third kappa shape index (κ3) is 9.36. The zero-order valence-corrected chi connectivity index (χ0v) is 15.6. The van der Waals surface area contributed by atoms with Crippen LogP contribution in [-0.4, -0.2) is 52.9 Å². The van der Waals surface area contributed by atoms with E-state index in [1.165, 1.54) is 0 Å². The van der Waals surface area contributed by atoms with E-state index in [1.807, 2.05) is 45.0 Å². The van der Waals surface area contributed by atoms with Crippen molar-refractivity contribution in [2.75, 3.05) is 32.4 Å². The lowest BCUT2D eigenvalue weighted by Crippen LogP contribution is -2.41. The van der Waals surface area contributed by atoms with E-state index in [0.717, 1.165) is 24.1 Å². The minimum absolute atomic E-state index is 0.0728. The SMILES string of the molecule is CCNC(=NCC(C)Oc1cccc(C)c1)NCCNS(C)(=O)=O. The van der Waals surface area contributed by atoms with E-state index in [4.69, 9.17) is 4.74 Å². The van der Waals surface area contributed by atoms with Crippen LogP contribution in [-0.2, 0) is 10.0 Å². The van der Waals surface area contributed by atoms with Crippen molar-refractivity contribution in [1.29, 1.82) is 0 Å². The number of ether oxygens (including phenoxy) is 1. The number of sulfonamides is 1. The topological polar surface area (TPSA) is 91.8 Å².